The fourth-order valence-corrected chi connectivity index (χ4v) is 5.96. The van der Waals surface area contributed by atoms with Crippen LogP contribution in [-0.2, 0) is 9.84 Å². The number of sulfone groups is 1. The van der Waals surface area contributed by atoms with Crippen molar-refractivity contribution in [2.24, 2.45) is 5.10 Å². The van der Waals surface area contributed by atoms with E-state index in [1.807, 2.05) is 49.4 Å². The second kappa shape index (κ2) is 7.29. The van der Waals surface area contributed by atoms with Crippen molar-refractivity contribution in [1.29, 1.82) is 0 Å². The van der Waals surface area contributed by atoms with Crippen LogP contribution >= 0.6 is 11.3 Å². The molecule has 0 fully saturated rings. The van der Waals surface area contributed by atoms with E-state index in [0.717, 1.165) is 22.5 Å². The van der Waals surface area contributed by atoms with Crippen LogP contribution in [0.25, 0.3) is 22.2 Å². The van der Waals surface area contributed by atoms with E-state index >= 15 is 0 Å². The van der Waals surface area contributed by atoms with Crippen molar-refractivity contribution in [2.75, 3.05) is 5.73 Å². The molecule has 0 aliphatic carbocycles. The van der Waals surface area contributed by atoms with E-state index in [4.69, 9.17) is 5.73 Å². The van der Waals surface area contributed by atoms with Gasteiger partial charge in [-0.15, -0.1) is 11.3 Å². The predicted molar refractivity (Wildman–Crippen MR) is 123 cm³/mol. The minimum atomic E-state index is -3.90. The van der Waals surface area contributed by atoms with Gasteiger partial charge in [-0.05, 0) is 41.6 Å². The lowest BCUT2D eigenvalue weighted by molar-refractivity contribution is 0.599. The molecule has 2 N–H and O–H groups in total. The topological polar surface area (TPSA) is 103 Å². The lowest BCUT2D eigenvalue weighted by Gasteiger charge is -2.03. The van der Waals surface area contributed by atoms with Crippen molar-refractivity contribution in [2.45, 2.75) is 16.0 Å². The number of anilines is 1. The van der Waals surface area contributed by atoms with Crippen LogP contribution in [0.5, 0.6) is 0 Å². The van der Waals surface area contributed by atoms with Gasteiger partial charge in [-0.1, -0.05) is 42.5 Å². The molecule has 9 heteroatoms. The Labute approximate surface area is 182 Å². The zero-order chi connectivity index (χ0) is 21.6. The monoisotopic (exact) mass is 447 g/mol. The Balaban J connectivity index is 1.82. The van der Waals surface area contributed by atoms with E-state index in [0.29, 0.717) is 11.0 Å². The number of thiophene rings is 1. The average Bonchev–Trinajstić information content (AvgIpc) is 3.39. The molecular weight excluding hydrogens is 430 g/mol. The van der Waals surface area contributed by atoms with Gasteiger partial charge in [-0.3, -0.25) is 0 Å². The molecule has 0 aliphatic rings. The third kappa shape index (κ3) is 3.18. The molecule has 154 valence electrons. The molecule has 5 rings (SSSR count). The second-order valence-corrected chi connectivity index (χ2v) is 10.0. The van der Waals surface area contributed by atoms with E-state index in [2.05, 4.69) is 15.1 Å². The number of nitrogens with zero attached hydrogens (tertiary/aromatic N) is 4. The van der Waals surface area contributed by atoms with Crippen molar-refractivity contribution in [3.8, 4) is 0 Å². The number of para-hydroxylation sites is 2. The fraction of sp³-hybridized carbons (Fsp3) is 0.0455. The standard InChI is InChI=1S/C22H17N5O2S2/c1-14-7-2-3-8-15(14)13-24-27-21(23)20(31(28,29)18-11-6-12-30-18)19-22(27)26-17-10-5-4-9-16(17)25-19/h2-13H,23H2,1H3/b24-13-. The molecule has 0 atom stereocenters. The zero-order valence-corrected chi connectivity index (χ0v) is 18.1. The fourth-order valence-electron chi connectivity index (χ4n) is 3.37. The van der Waals surface area contributed by atoms with Crippen molar-refractivity contribution in [1.82, 2.24) is 14.6 Å². The summed E-state index contributed by atoms with van der Waals surface area (Å²) in [6, 6.07) is 18.2. The molecule has 0 aliphatic heterocycles. The number of hydrogen-bond donors (Lipinski definition) is 1. The van der Waals surface area contributed by atoms with Crippen molar-refractivity contribution >= 4 is 55.4 Å². The van der Waals surface area contributed by atoms with Crippen molar-refractivity contribution in [3.05, 3.63) is 77.2 Å². The SMILES string of the molecule is Cc1ccccc1/C=N\n1c(N)c(S(=O)(=O)c2cccs2)c2nc3ccccc3nc21. The molecule has 3 heterocycles. The van der Waals surface area contributed by atoms with Gasteiger partial charge in [0.1, 0.15) is 20.4 Å². The molecule has 0 amide bonds. The molecule has 0 radical (unpaired) electrons. The van der Waals surface area contributed by atoms with Crippen LogP contribution < -0.4 is 5.73 Å². The molecule has 0 saturated heterocycles. The summed E-state index contributed by atoms with van der Waals surface area (Å²) in [5, 5.41) is 6.20. The van der Waals surface area contributed by atoms with Gasteiger partial charge in [-0.25, -0.2) is 18.4 Å². The van der Waals surface area contributed by atoms with Crippen LogP contribution in [0.15, 0.2) is 80.2 Å². The third-order valence-electron chi connectivity index (χ3n) is 4.96. The first-order chi connectivity index (χ1) is 15.0. The first-order valence-corrected chi connectivity index (χ1v) is 11.8. The van der Waals surface area contributed by atoms with E-state index in [9.17, 15) is 8.42 Å². The molecule has 31 heavy (non-hydrogen) atoms. The van der Waals surface area contributed by atoms with Gasteiger partial charge in [-0.2, -0.15) is 9.78 Å². The maximum Gasteiger partial charge on any atom is 0.221 e. The number of benzene rings is 2. The molecule has 2 aromatic carbocycles. The number of aromatic nitrogens is 3. The van der Waals surface area contributed by atoms with E-state index < -0.39 is 9.84 Å². The highest BCUT2D eigenvalue weighted by Gasteiger charge is 2.31. The van der Waals surface area contributed by atoms with Crippen molar-refractivity contribution < 1.29 is 8.42 Å². The number of rotatable bonds is 4. The van der Waals surface area contributed by atoms with Gasteiger partial charge in [0.25, 0.3) is 0 Å². The Bertz CT molecular complexity index is 1570. The first kappa shape index (κ1) is 19.4. The van der Waals surface area contributed by atoms with Crippen molar-refractivity contribution in [3.63, 3.8) is 0 Å². The Hall–Kier alpha value is -3.56. The van der Waals surface area contributed by atoms with Gasteiger partial charge >= 0.3 is 0 Å². The van der Waals surface area contributed by atoms with E-state index in [1.165, 1.54) is 4.68 Å². The summed E-state index contributed by atoms with van der Waals surface area (Å²) in [4.78, 5) is 9.15. The lowest BCUT2D eigenvalue weighted by Crippen LogP contribution is -2.05. The van der Waals surface area contributed by atoms with Crippen LogP contribution in [0.2, 0.25) is 0 Å². The summed E-state index contributed by atoms with van der Waals surface area (Å²) >= 11 is 1.13. The highest BCUT2D eigenvalue weighted by atomic mass is 32.2. The normalized spacial score (nSPS) is 12.3. The zero-order valence-electron chi connectivity index (χ0n) is 16.4. The molecular formula is C22H17N5O2S2. The number of fused-ring (bicyclic) bond motifs is 2. The Kier molecular flexibility index (Phi) is 4.57. The average molecular weight is 448 g/mol. The molecule has 3 aromatic heterocycles. The maximum atomic E-state index is 13.4. The van der Waals surface area contributed by atoms with Crippen LogP contribution in [0.3, 0.4) is 0 Å². The largest absolute Gasteiger partial charge is 0.382 e. The van der Waals surface area contributed by atoms with Crippen LogP contribution in [0.1, 0.15) is 11.1 Å². The molecule has 0 bridgehead atoms. The molecule has 5 aromatic rings. The van der Waals surface area contributed by atoms with Gasteiger partial charge in [0.15, 0.2) is 5.65 Å². The highest BCUT2D eigenvalue weighted by molar-refractivity contribution is 7.93. The predicted octanol–water partition coefficient (Wildman–Crippen LogP) is 4.25. The number of nitrogen functional groups attached to an aromatic ring is 1. The van der Waals surface area contributed by atoms with Gasteiger partial charge in [0, 0.05) is 0 Å². The molecule has 0 saturated carbocycles. The van der Waals surface area contributed by atoms with E-state index in [1.54, 1.807) is 29.8 Å². The maximum absolute atomic E-state index is 13.4. The third-order valence-corrected chi connectivity index (χ3v) is 8.17. The number of hydrogen-bond acceptors (Lipinski definition) is 7. The molecule has 0 unspecified atom stereocenters. The summed E-state index contributed by atoms with van der Waals surface area (Å²) in [6.07, 6.45) is 1.64. The van der Waals surface area contributed by atoms with E-state index in [-0.39, 0.29) is 26.1 Å². The Morgan fingerprint density at radius 3 is 2.42 bits per heavy atom. The Morgan fingerprint density at radius 1 is 1.00 bits per heavy atom. The summed E-state index contributed by atoms with van der Waals surface area (Å²) in [5.74, 6) is -0.0245. The first-order valence-electron chi connectivity index (χ1n) is 9.42. The minimum absolute atomic E-state index is 0.0245. The van der Waals surface area contributed by atoms with Gasteiger partial charge in [0.05, 0.1) is 17.2 Å². The smallest absolute Gasteiger partial charge is 0.221 e. The van der Waals surface area contributed by atoms with Crippen LogP contribution in [0.4, 0.5) is 5.82 Å². The molecule has 7 nitrogen and oxygen atoms in total. The van der Waals surface area contributed by atoms with Gasteiger partial charge in [0.2, 0.25) is 9.84 Å². The quantitative estimate of drug-likeness (QED) is 0.415. The van der Waals surface area contributed by atoms with Crippen LogP contribution in [0, 0.1) is 6.92 Å². The summed E-state index contributed by atoms with van der Waals surface area (Å²) < 4.78 is 28.3. The number of aryl methyl sites for hydroxylation is 1. The summed E-state index contributed by atoms with van der Waals surface area (Å²) in [5.41, 5.74) is 9.98. The summed E-state index contributed by atoms with van der Waals surface area (Å²) in [7, 11) is -3.90. The minimum Gasteiger partial charge on any atom is -0.382 e. The molecule has 0 spiro atoms. The van der Waals surface area contributed by atoms with Gasteiger partial charge < -0.3 is 5.73 Å². The Morgan fingerprint density at radius 2 is 1.71 bits per heavy atom. The summed E-state index contributed by atoms with van der Waals surface area (Å²) in [6.45, 7) is 1.97. The number of nitrogens with two attached hydrogens (primary N) is 1. The second-order valence-electron chi connectivity index (χ2n) is 6.95. The van der Waals surface area contributed by atoms with Crippen LogP contribution in [-0.4, -0.2) is 29.3 Å². The highest BCUT2D eigenvalue weighted by Crippen LogP contribution is 2.36. The lowest BCUT2D eigenvalue weighted by atomic mass is 10.1.